The molecule has 0 rings (SSSR count). The molecule has 0 aliphatic carbocycles. The summed E-state index contributed by atoms with van der Waals surface area (Å²) in [6.45, 7) is 1.88. The summed E-state index contributed by atoms with van der Waals surface area (Å²) < 4.78 is 0.990. The molecule has 52 valence electrons. The maximum absolute atomic E-state index is 9.94. The summed E-state index contributed by atoms with van der Waals surface area (Å²) >= 11 is 3.19. The van der Waals surface area contributed by atoms with E-state index in [0.717, 1.165) is 4.48 Å². The molecule has 0 saturated heterocycles. The fraction of sp³-hybridized carbons (Fsp3) is 0.500. The Balaban J connectivity index is 3.31. The van der Waals surface area contributed by atoms with Gasteiger partial charge in [-0.2, -0.15) is 0 Å². The van der Waals surface area contributed by atoms with Gasteiger partial charge >= 0.3 is 5.97 Å². The fourth-order valence-corrected chi connectivity index (χ4v) is 0.623. The Hall–Kier alpha value is -0.310. The Morgan fingerprint density at radius 1 is 1.78 bits per heavy atom. The second-order valence-corrected chi connectivity index (χ2v) is 2.97. The van der Waals surface area contributed by atoms with Crippen LogP contribution in [-0.2, 0) is 4.79 Å². The van der Waals surface area contributed by atoms with Gasteiger partial charge in [0.2, 0.25) is 0 Å². The number of allylic oxidation sites excluding steroid dienone is 2. The molecular weight excluding hydrogens is 184 g/mol. The molecule has 0 bridgehead atoms. The summed E-state index contributed by atoms with van der Waals surface area (Å²) in [5.41, 5.74) is 0. The molecule has 2 nitrogen and oxygen atoms in total. The van der Waals surface area contributed by atoms with Crippen molar-refractivity contribution in [2.45, 2.75) is 19.8 Å². The van der Waals surface area contributed by atoms with E-state index in [0.29, 0.717) is 6.42 Å². The largest absolute Gasteiger partial charge is 0.481 e. The Labute approximate surface area is 62.7 Å². The van der Waals surface area contributed by atoms with Gasteiger partial charge in [-0.3, -0.25) is 4.79 Å². The number of carbonyl (C=O) groups is 1. The highest BCUT2D eigenvalue weighted by Crippen LogP contribution is 2.04. The normalized spacial score (nSPS) is 11.6. The summed E-state index contributed by atoms with van der Waals surface area (Å²) in [5, 5.41) is 8.18. The Morgan fingerprint density at radius 2 is 2.33 bits per heavy atom. The summed E-state index contributed by atoms with van der Waals surface area (Å²) in [4.78, 5) is 9.94. The van der Waals surface area contributed by atoms with Gasteiger partial charge in [-0.25, -0.2) is 0 Å². The van der Waals surface area contributed by atoms with E-state index in [4.69, 9.17) is 5.11 Å². The van der Waals surface area contributed by atoms with Crippen LogP contribution >= 0.6 is 15.9 Å². The van der Waals surface area contributed by atoms with Crippen LogP contribution in [0.15, 0.2) is 10.6 Å². The van der Waals surface area contributed by atoms with Crippen molar-refractivity contribution in [1.82, 2.24) is 0 Å². The van der Waals surface area contributed by atoms with Crippen molar-refractivity contribution in [1.29, 1.82) is 0 Å². The van der Waals surface area contributed by atoms with Gasteiger partial charge in [0.1, 0.15) is 0 Å². The molecule has 0 heterocycles. The van der Waals surface area contributed by atoms with Crippen LogP contribution in [0.1, 0.15) is 19.8 Å². The standard InChI is InChI=1S/C6H9BrO2/c1-5(7)3-2-4-6(8)9/h3H,2,4H2,1H3,(H,8,9)/b5-3+. The summed E-state index contributed by atoms with van der Waals surface area (Å²) in [5.74, 6) is -0.750. The van der Waals surface area contributed by atoms with E-state index in [1.165, 1.54) is 0 Å². The van der Waals surface area contributed by atoms with Gasteiger partial charge in [0.05, 0.1) is 0 Å². The predicted molar refractivity (Wildman–Crippen MR) is 39.6 cm³/mol. The second kappa shape index (κ2) is 4.56. The van der Waals surface area contributed by atoms with Gasteiger partial charge in [-0.1, -0.05) is 22.0 Å². The molecular formula is C6H9BrO2. The fourth-order valence-electron chi connectivity index (χ4n) is 0.395. The Bertz CT molecular complexity index is 125. The maximum Gasteiger partial charge on any atom is 0.303 e. The SMILES string of the molecule is C/C(Br)=C\CCC(=O)O. The number of aliphatic carboxylic acids is 1. The molecule has 0 spiro atoms. The molecule has 1 N–H and O–H groups in total. The smallest absolute Gasteiger partial charge is 0.303 e. The third kappa shape index (κ3) is 7.69. The van der Waals surface area contributed by atoms with Crippen LogP contribution < -0.4 is 0 Å². The molecule has 9 heavy (non-hydrogen) atoms. The van der Waals surface area contributed by atoms with Crippen LogP contribution in [-0.4, -0.2) is 11.1 Å². The topological polar surface area (TPSA) is 37.3 Å². The molecule has 0 atom stereocenters. The van der Waals surface area contributed by atoms with Gasteiger partial charge < -0.3 is 5.11 Å². The number of rotatable bonds is 3. The molecule has 0 aromatic carbocycles. The monoisotopic (exact) mass is 192 g/mol. The number of carboxylic acid groups (broad SMARTS) is 1. The average molecular weight is 193 g/mol. The van der Waals surface area contributed by atoms with E-state index < -0.39 is 5.97 Å². The Morgan fingerprint density at radius 3 is 2.67 bits per heavy atom. The first-order valence-corrected chi connectivity index (χ1v) is 3.46. The lowest BCUT2D eigenvalue weighted by atomic mass is 10.3. The van der Waals surface area contributed by atoms with E-state index in [9.17, 15) is 4.79 Å². The summed E-state index contributed by atoms with van der Waals surface area (Å²) in [6, 6.07) is 0. The van der Waals surface area contributed by atoms with Gasteiger partial charge in [0.15, 0.2) is 0 Å². The first-order chi connectivity index (χ1) is 4.13. The second-order valence-electron chi connectivity index (χ2n) is 1.72. The van der Waals surface area contributed by atoms with Crippen molar-refractivity contribution in [2.24, 2.45) is 0 Å². The third-order valence-electron chi connectivity index (χ3n) is 0.784. The minimum atomic E-state index is -0.750. The molecule has 0 aliphatic heterocycles. The van der Waals surface area contributed by atoms with Crippen molar-refractivity contribution in [3.8, 4) is 0 Å². The molecule has 0 aromatic heterocycles. The lowest BCUT2D eigenvalue weighted by molar-refractivity contribution is -0.136. The minimum Gasteiger partial charge on any atom is -0.481 e. The molecule has 0 unspecified atom stereocenters. The molecule has 0 saturated carbocycles. The van der Waals surface area contributed by atoms with Crippen LogP contribution in [0.5, 0.6) is 0 Å². The van der Waals surface area contributed by atoms with Crippen molar-refractivity contribution in [2.75, 3.05) is 0 Å². The van der Waals surface area contributed by atoms with Gasteiger partial charge in [-0.15, -0.1) is 0 Å². The minimum absolute atomic E-state index is 0.211. The molecule has 0 radical (unpaired) electrons. The zero-order valence-corrected chi connectivity index (χ0v) is 6.81. The quantitative estimate of drug-likeness (QED) is 0.745. The lowest BCUT2D eigenvalue weighted by Crippen LogP contribution is -1.91. The average Bonchev–Trinajstić information content (AvgIpc) is 1.63. The maximum atomic E-state index is 9.94. The van der Waals surface area contributed by atoms with E-state index in [-0.39, 0.29) is 6.42 Å². The molecule has 0 aliphatic rings. The molecule has 3 heteroatoms. The van der Waals surface area contributed by atoms with Gasteiger partial charge in [0, 0.05) is 6.42 Å². The predicted octanol–water partition coefficient (Wildman–Crippen LogP) is 2.15. The Kier molecular flexibility index (Phi) is 4.40. The first kappa shape index (κ1) is 8.69. The lowest BCUT2D eigenvalue weighted by Gasteiger charge is -1.87. The van der Waals surface area contributed by atoms with Crippen molar-refractivity contribution in [3.05, 3.63) is 10.6 Å². The van der Waals surface area contributed by atoms with Gasteiger partial charge in [0.25, 0.3) is 0 Å². The van der Waals surface area contributed by atoms with Gasteiger partial charge in [-0.05, 0) is 17.8 Å². The van der Waals surface area contributed by atoms with Crippen LogP contribution in [0.3, 0.4) is 0 Å². The van der Waals surface area contributed by atoms with Crippen LogP contribution in [0.25, 0.3) is 0 Å². The van der Waals surface area contributed by atoms with Crippen LogP contribution in [0.4, 0.5) is 0 Å². The third-order valence-corrected chi connectivity index (χ3v) is 1.11. The van der Waals surface area contributed by atoms with E-state index in [2.05, 4.69) is 15.9 Å². The van der Waals surface area contributed by atoms with Crippen molar-refractivity contribution < 1.29 is 9.90 Å². The number of hydrogen-bond donors (Lipinski definition) is 1. The summed E-state index contributed by atoms with van der Waals surface area (Å²) in [7, 11) is 0. The number of halogens is 1. The zero-order valence-electron chi connectivity index (χ0n) is 5.22. The zero-order chi connectivity index (χ0) is 7.28. The van der Waals surface area contributed by atoms with Crippen LogP contribution in [0, 0.1) is 0 Å². The highest BCUT2D eigenvalue weighted by Gasteiger charge is 1.91. The first-order valence-electron chi connectivity index (χ1n) is 2.67. The molecule has 0 amide bonds. The van der Waals surface area contributed by atoms with E-state index in [1.807, 2.05) is 13.0 Å². The number of hydrogen-bond acceptors (Lipinski definition) is 1. The highest BCUT2D eigenvalue weighted by atomic mass is 79.9. The van der Waals surface area contributed by atoms with Crippen molar-refractivity contribution in [3.63, 3.8) is 0 Å². The summed E-state index contributed by atoms with van der Waals surface area (Å²) in [6.07, 6.45) is 2.66. The molecule has 0 aromatic rings. The van der Waals surface area contributed by atoms with Crippen LogP contribution in [0.2, 0.25) is 0 Å². The van der Waals surface area contributed by atoms with Crippen molar-refractivity contribution >= 4 is 21.9 Å². The molecule has 0 fully saturated rings. The highest BCUT2D eigenvalue weighted by molar-refractivity contribution is 9.11. The number of carboxylic acids is 1. The van der Waals surface area contributed by atoms with E-state index in [1.54, 1.807) is 0 Å². The van der Waals surface area contributed by atoms with E-state index >= 15 is 0 Å².